The molecule has 19 heavy (non-hydrogen) atoms. The SMILES string of the molecule is N=C(N1CCCC1)N1CCC[C@H]1CN1CCOCC1. The predicted molar refractivity (Wildman–Crippen MR) is 75.5 cm³/mol. The third-order valence-corrected chi connectivity index (χ3v) is 4.63. The van der Waals surface area contributed by atoms with Crippen LogP contribution in [0.15, 0.2) is 0 Å². The Bertz CT molecular complexity index is 311. The van der Waals surface area contributed by atoms with Crippen LogP contribution in [0.25, 0.3) is 0 Å². The quantitative estimate of drug-likeness (QED) is 0.593. The van der Waals surface area contributed by atoms with Crippen molar-refractivity contribution in [3.05, 3.63) is 0 Å². The number of nitrogens with zero attached hydrogens (tertiary/aromatic N) is 3. The Hall–Kier alpha value is -0.810. The third-order valence-electron chi connectivity index (χ3n) is 4.63. The van der Waals surface area contributed by atoms with E-state index in [0.29, 0.717) is 6.04 Å². The highest BCUT2D eigenvalue weighted by atomic mass is 16.5. The molecule has 0 bridgehead atoms. The third kappa shape index (κ3) is 3.03. The van der Waals surface area contributed by atoms with Crippen LogP contribution in [0.2, 0.25) is 0 Å². The van der Waals surface area contributed by atoms with E-state index in [1.165, 1.54) is 25.7 Å². The number of likely N-dealkylation sites (tertiary alicyclic amines) is 2. The highest BCUT2D eigenvalue weighted by Gasteiger charge is 2.31. The number of nitrogens with one attached hydrogen (secondary N) is 1. The van der Waals surface area contributed by atoms with E-state index in [1.807, 2.05) is 0 Å². The van der Waals surface area contributed by atoms with Gasteiger partial charge in [-0.1, -0.05) is 0 Å². The Morgan fingerprint density at radius 3 is 2.47 bits per heavy atom. The van der Waals surface area contributed by atoms with Gasteiger partial charge in [-0.2, -0.15) is 0 Å². The summed E-state index contributed by atoms with van der Waals surface area (Å²) in [5.74, 6) is 0.785. The number of ether oxygens (including phenoxy) is 1. The number of guanidine groups is 1. The first-order valence-electron chi connectivity index (χ1n) is 7.75. The van der Waals surface area contributed by atoms with Gasteiger partial charge in [-0.3, -0.25) is 10.3 Å². The Balaban J connectivity index is 1.55. The van der Waals surface area contributed by atoms with Crippen molar-refractivity contribution in [1.29, 1.82) is 5.41 Å². The van der Waals surface area contributed by atoms with E-state index >= 15 is 0 Å². The van der Waals surface area contributed by atoms with Crippen LogP contribution in [-0.4, -0.2) is 79.2 Å². The number of morpholine rings is 1. The average Bonchev–Trinajstić information content (AvgIpc) is 3.10. The topological polar surface area (TPSA) is 42.8 Å². The first-order chi connectivity index (χ1) is 9.34. The van der Waals surface area contributed by atoms with E-state index in [0.717, 1.165) is 58.4 Å². The molecular formula is C14H26N4O. The van der Waals surface area contributed by atoms with Crippen molar-refractivity contribution in [3.63, 3.8) is 0 Å². The van der Waals surface area contributed by atoms with Crippen molar-refractivity contribution in [3.8, 4) is 0 Å². The Labute approximate surface area is 116 Å². The van der Waals surface area contributed by atoms with Gasteiger partial charge in [0.05, 0.1) is 13.2 Å². The van der Waals surface area contributed by atoms with Gasteiger partial charge in [0.1, 0.15) is 0 Å². The lowest BCUT2D eigenvalue weighted by molar-refractivity contribution is 0.0301. The summed E-state index contributed by atoms with van der Waals surface area (Å²) in [5, 5.41) is 8.44. The Morgan fingerprint density at radius 2 is 1.74 bits per heavy atom. The average molecular weight is 266 g/mol. The van der Waals surface area contributed by atoms with Crippen LogP contribution in [0, 0.1) is 5.41 Å². The first-order valence-corrected chi connectivity index (χ1v) is 7.75. The van der Waals surface area contributed by atoms with Crippen molar-refractivity contribution in [2.45, 2.75) is 31.7 Å². The largest absolute Gasteiger partial charge is 0.379 e. The standard InChI is InChI=1S/C14H26N4O/c15-14(17-5-1-2-6-17)18-7-3-4-13(18)12-16-8-10-19-11-9-16/h13,15H,1-12H2/t13-/m0/s1. The molecule has 3 saturated heterocycles. The Kier molecular flexibility index (Phi) is 4.23. The zero-order chi connectivity index (χ0) is 13.1. The molecule has 0 saturated carbocycles. The monoisotopic (exact) mass is 266 g/mol. The van der Waals surface area contributed by atoms with Crippen LogP contribution >= 0.6 is 0 Å². The summed E-state index contributed by atoms with van der Waals surface area (Å²) in [6.45, 7) is 8.21. The fourth-order valence-corrected chi connectivity index (χ4v) is 3.50. The van der Waals surface area contributed by atoms with Gasteiger partial charge in [0.25, 0.3) is 0 Å². The molecule has 0 aromatic heterocycles. The van der Waals surface area contributed by atoms with E-state index in [2.05, 4.69) is 14.7 Å². The Morgan fingerprint density at radius 1 is 1.00 bits per heavy atom. The smallest absolute Gasteiger partial charge is 0.194 e. The molecule has 108 valence electrons. The van der Waals surface area contributed by atoms with Crippen molar-refractivity contribution in [2.24, 2.45) is 0 Å². The minimum atomic E-state index is 0.547. The van der Waals surface area contributed by atoms with E-state index in [4.69, 9.17) is 10.1 Å². The van der Waals surface area contributed by atoms with Crippen LogP contribution < -0.4 is 0 Å². The maximum Gasteiger partial charge on any atom is 0.194 e. The second kappa shape index (κ2) is 6.09. The minimum absolute atomic E-state index is 0.547. The van der Waals surface area contributed by atoms with Crippen molar-refractivity contribution in [1.82, 2.24) is 14.7 Å². The normalized spacial score (nSPS) is 29.2. The van der Waals surface area contributed by atoms with Crippen LogP contribution in [0.4, 0.5) is 0 Å². The van der Waals surface area contributed by atoms with Crippen LogP contribution in [0.3, 0.4) is 0 Å². The molecular weight excluding hydrogens is 240 g/mol. The van der Waals surface area contributed by atoms with Gasteiger partial charge in [0, 0.05) is 45.3 Å². The summed E-state index contributed by atoms with van der Waals surface area (Å²) in [5.41, 5.74) is 0. The lowest BCUT2D eigenvalue weighted by Crippen LogP contribution is -2.50. The van der Waals surface area contributed by atoms with Crippen molar-refractivity contribution >= 4 is 5.96 Å². The lowest BCUT2D eigenvalue weighted by Gasteiger charge is -2.36. The van der Waals surface area contributed by atoms with Gasteiger partial charge in [0.15, 0.2) is 5.96 Å². The molecule has 0 unspecified atom stereocenters. The highest BCUT2D eigenvalue weighted by molar-refractivity contribution is 5.77. The summed E-state index contributed by atoms with van der Waals surface area (Å²) < 4.78 is 5.41. The van der Waals surface area contributed by atoms with Gasteiger partial charge >= 0.3 is 0 Å². The highest BCUT2D eigenvalue weighted by Crippen LogP contribution is 2.21. The lowest BCUT2D eigenvalue weighted by atomic mass is 10.2. The molecule has 0 radical (unpaired) electrons. The molecule has 0 aromatic rings. The summed E-state index contributed by atoms with van der Waals surface area (Å²) in [4.78, 5) is 7.11. The molecule has 3 aliphatic rings. The van der Waals surface area contributed by atoms with Gasteiger partial charge in [-0.25, -0.2) is 0 Å². The molecule has 3 aliphatic heterocycles. The maximum absolute atomic E-state index is 8.44. The van der Waals surface area contributed by atoms with Crippen molar-refractivity contribution in [2.75, 3.05) is 52.5 Å². The summed E-state index contributed by atoms with van der Waals surface area (Å²) in [7, 11) is 0. The molecule has 5 nitrogen and oxygen atoms in total. The maximum atomic E-state index is 8.44. The van der Waals surface area contributed by atoms with Crippen LogP contribution in [0.5, 0.6) is 0 Å². The summed E-state index contributed by atoms with van der Waals surface area (Å²) in [6, 6.07) is 0.547. The second-order valence-corrected chi connectivity index (χ2v) is 5.92. The van der Waals surface area contributed by atoms with Crippen LogP contribution in [-0.2, 0) is 4.74 Å². The number of rotatable bonds is 2. The minimum Gasteiger partial charge on any atom is -0.379 e. The molecule has 0 amide bonds. The summed E-state index contributed by atoms with van der Waals surface area (Å²) >= 11 is 0. The summed E-state index contributed by atoms with van der Waals surface area (Å²) in [6.07, 6.45) is 4.99. The predicted octanol–water partition coefficient (Wildman–Crippen LogP) is 0.814. The molecule has 3 fully saturated rings. The molecule has 0 aliphatic carbocycles. The molecule has 0 spiro atoms. The molecule has 1 N–H and O–H groups in total. The van der Waals surface area contributed by atoms with Gasteiger partial charge < -0.3 is 14.5 Å². The molecule has 3 heterocycles. The van der Waals surface area contributed by atoms with Crippen LogP contribution in [0.1, 0.15) is 25.7 Å². The fourth-order valence-electron chi connectivity index (χ4n) is 3.50. The van der Waals surface area contributed by atoms with Gasteiger partial charge in [-0.15, -0.1) is 0 Å². The number of hydrogen-bond acceptors (Lipinski definition) is 3. The zero-order valence-electron chi connectivity index (χ0n) is 11.8. The molecule has 1 atom stereocenters. The van der Waals surface area contributed by atoms with Gasteiger partial charge in [0.2, 0.25) is 0 Å². The van der Waals surface area contributed by atoms with E-state index in [9.17, 15) is 0 Å². The zero-order valence-corrected chi connectivity index (χ0v) is 11.8. The first kappa shape index (κ1) is 13.2. The molecule has 0 aromatic carbocycles. The molecule has 3 rings (SSSR count). The van der Waals surface area contributed by atoms with E-state index < -0.39 is 0 Å². The van der Waals surface area contributed by atoms with E-state index in [-0.39, 0.29) is 0 Å². The second-order valence-electron chi connectivity index (χ2n) is 5.92. The van der Waals surface area contributed by atoms with Crippen molar-refractivity contribution < 1.29 is 4.74 Å². The van der Waals surface area contributed by atoms with Gasteiger partial charge in [-0.05, 0) is 25.7 Å². The molecule has 5 heteroatoms. The number of hydrogen-bond donors (Lipinski definition) is 1. The van der Waals surface area contributed by atoms with E-state index in [1.54, 1.807) is 0 Å². The fraction of sp³-hybridized carbons (Fsp3) is 0.929.